The molecular formula is C13H10BrF3N2. The molecule has 0 saturated heterocycles. The van der Waals surface area contributed by atoms with Gasteiger partial charge in [0.25, 0.3) is 0 Å². The normalized spacial score (nSPS) is 12.5. The van der Waals surface area contributed by atoms with Gasteiger partial charge in [-0.05, 0) is 30.3 Å². The summed E-state index contributed by atoms with van der Waals surface area (Å²) < 4.78 is 41.3. The van der Waals surface area contributed by atoms with Gasteiger partial charge in [-0.15, -0.1) is 0 Å². The van der Waals surface area contributed by atoms with Crippen LogP contribution in [0, 0.1) is 17.5 Å². The molecule has 0 spiro atoms. The van der Waals surface area contributed by atoms with Crippen molar-refractivity contribution in [3.8, 4) is 0 Å². The van der Waals surface area contributed by atoms with E-state index in [0.717, 1.165) is 18.2 Å². The van der Waals surface area contributed by atoms with Gasteiger partial charge in [-0.1, -0.05) is 22.0 Å². The van der Waals surface area contributed by atoms with E-state index in [1.165, 1.54) is 12.1 Å². The van der Waals surface area contributed by atoms with Gasteiger partial charge in [0.2, 0.25) is 0 Å². The van der Waals surface area contributed by atoms with Crippen molar-refractivity contribution in [2.45, 2.75) is 6.04 Å². The van der Waals surface area contributed by atoms with Crippen LogP contribution in [0.5, 0.6) is 0 Å². The van der Waals surface area contributed by atoms with E-state index < -0.39 is 23.5 Å². The van der Waals surface area contributed by atoms with Crippen molar-refractivity contribution in [2.24, 2.45) is 5.84 Å². The van der Waals surface area contributed by atoms with Gasteiger partial charge in [0.05, 0.1) is 6.04 Å². The van der Waals surface area contributed by atoms with E-state index in [9.17, 15) is 13.2 Å². The Morgan fingerprint density at radius 3 is 2.42 bits per heavy atom. The molecule has 1 unspecified atom stereocenters. The zero-order valence-electron chi connectivity index (χ0n) is 9.63. The Balaban J connectivity index is 2.59. The standard InChI is InChI=1S/C13H10BrF3N2/c14-9-2-1-3-11(17)12(9)13(19-18)8-6-7(15)4-5-10(8)16/h1-6,13,19H,18H2. The lowest BCUT2D eigenvalue weighted by atomic mass is 9.98. The number of hydrogen-bond donors (Lipinski definition) is 2. The molecule has 2 rings (SSSR count). The van der Waals surface area contributed by atoms with E-state index in [-0.39, 0.29) is 11.1 Å². The molecule has 0 radical (unpaired) electrons. The second kappa shape index (κ2) is 5.73. The Hall–Kier alpha value is -1.37. The topological polar surface area (TPSA) is 38.0 Å². The van der Waals surface area contributed by atoms with E-state index in [0.29, 0.717) is 4.47 Å². The van der Waals surface area contributed by atoms with Crippen LogP contribution in [0.15, 0.2) is 40.9 Å². The Morgan fingerprint density at radius 1 is 1.05 bits per heavy atom. The molecule has 0 aliphatic heterocycles. The van der Waals surface area contributed by atoms with Gasteiger partial charge in [-0.3, -0.25) is 5.84 Å². The second-order valence-corrected chi connectivity index (χ2v) is 4.76. The van der Waals surface area contributed by atoms with E-state index in [2.05, 4.69) is 21.4 Å². The summed E-state index contributed by atoms with van der Waals surface area (Å²) in [4.78, 5) is 0. The summed E-state index contributed by atoms with van der Waals surface area (Å²) in [5, 5.41) is 0. The van der Waals surface area contributed by atoms with Crippen LogP contribution in [0.4, 0.5) is 13.2 Å². The molecule has 0 aromatic heterocycles. The highest BCUT2D eigenvalue weighted by Crippen LogP contribution is 2.31. The smallest absolute Gasteiger partial charge is 0.129 e. The number of nitrogens with two attached hydrogens (primary N) is 1. The highest BCUT2D eigenvalue weighted by Gasteiger charge is 2.22. The predicted molar refractivity (Wildman–Crippen MR) is 69.6 cm³/mol. The molecule has 0 fully saturated rings. The summed E-state index contributed by atoms with van der Waals surface area (Å²) in [5.41, 5.74) is 2.37. The van der Waals surface area contributed by atoms with Crippen LogP contribution in [0.3, 0.4) is 0 Å². The minimum absolute atomic E-state index is 0.0618. The third kappa shape index (κ3) is 2.80. The van der Waals surface area contributed by atoms with Gasteiger partial charge >= 0.3 is 0 Å². The van der Waals surface area contributed by atoms with Gasteiger partial charge in [-0.25, -0.2) is 18.6 Å². The number of hydrazine groups is 1. The molecule has 0 heterocycles. The Labute approximate surface area is 116 Å². The number of rotatable bonds is 3. The molecule has 1 atom stereocenters. The van der Waals surface area contributed by atoms with Crippen LogP contribution in [-0.4, -0.2) is 0 Å². The quantitative estimate of drug-likeness (QED) is 0.668. The first kappa shape index (κ1) is 14.0. The van der Waals surface area contributed by atoms with Crippen molar-refractivity contribution < 1.29 is 13.2 Å². The molecule has 2 aromatic rings. The fraction of sp³-hybridized carbons (Fsp3) is 0.0769. The number of nitrogens with one attached hydrogen (secondary N) is 1. The van der Waals surface area contributed by atoms with Crippen LogP contribution in [0.1, 0.15) is 17.2 Å². The zero-order valence-corrected chi connectivity index (χ0v) is 11.2. The SMILES string of the molecule is NNC(c1cc(F)ccc1F)c1c(F)cccc1Br. The lowest BCUT2D eigenvalue weighted by molar-refractivity contribution is 0.521. The van der Waals surface area contributed by atoms with Crippen molar-refractivity contribution >= 4 is 15.9 Å². The third-order valence-corrected chi connectivity index (χ3v) is 3.42. The molecule has 0 aliphatic rings. The van der Waals surface area contributed by atoms with Crippen LogP contribution in [0.25, 0.3) is 0 Å². The summed E-state index contributed by atoms with van der Waals surface area (Å²) >= 11 is 3.18. The highest BCUT2D eigenvalue weighted by molar-refractivity contribution is 9.10. The van der Waals surface area contributed by atoms with Gasteiger partial charge in [0.15, 0.2) is 0 Å². The summed E-state index contributed by atoms with van der Waals surface area (Å²) in [6, 6.07) is 6.27. The summed E-state index contributed by atoms with van der Waals surface area (Å²) in [6.07, 6.45) is 0. The van der Waals surface area contributed by atoms with Crippen molar-refractivity contribution in [3.63, 3.8) is 0 Å². The lowest BCUT2D eigenvalue weighted by Gasteiger charge is -2.19. The molecule has 0 aliphatic carbocycles. The maximum atomic E-state index is 13.9. The van der Waals surface area contributed by atoms with E-state index >= 15 is 0 Å². The average molecular weight is 331 g/mol. The van der Waals surface area contributed by atoms with Gasteiger partial charge in [0.1, 0.15) is 17.5 Å². The largest absolute Gasteiger partial charge is 0.271 e. The maximum Gasteiger partial charge on any atom is 0.129 e. The molecular weight excluding hydrogens is 321 g/mol. The van der Waals surface area contributed by atoms with Crippen molar-refractivity contribution in [1.82, 2.24) is 5.43 Å². The third-order valence-electron chi connectivity index (χ3n) is 2.72. The summed E-state index contributed by atoms with van der Waals surface area (Å²) in [6.45, 7) is 0. The van der Waals surface area contributed by atoms with Crippen molar-refractivity contribution in [2.75, 3.05) is 0 Å². The number of hydrogen-bond acceptors (Lipinski definition) is 2. The summed E-state index contributed by atoms with van der Waals surface area (Å²) in [7, 11) is 0. The monoisotopic (exact) mass is 330 g/mol. The first-order chi connectivity index (χ1) is 9.04. The van der Waals surface area contributed by atoms with Crippen LogP contribution < -0.4 is 11.3 Å². The van der Waals surface area contributed by atoms with Crippen molar-refractivity contribution in [3.05, 3.63) is 69.4 Å². The molecule has 0 bridgehead atoms. The molecule has 19 heavy (non-hydrogen) atoms. The van der Waals surface area contributed by atoms with Crippen LogP contribution in [-0.2, 0) is 0 Å². The molecule has 2 aromatic carbocycles. The minimum Gasteiger partial charge on any atom is -0.271 e. The molecule has 100 valence electrons. The van der Waals surface area contributed by atoms with E-state index in [1.807, 2.05) is 0 Å². The van der Waals surface area contributed by atoms with E-state index in [4.69, 9.17) is 5.84 Å². The Bertz CT molecular complexity index is 584. The van der Waals surface area contributed by atoms with Gasteiger partial charge in [-0.2, -0.15) is 0 Å². The van der Waals surface area contributed by atoms with Gasteiger partial charge < -0.3 is 0 Å². The molecule has 6 heteroatoms. The zero-order chi connectivity index (χ0) is 14.0. The van der Waals surface area contributed by atoms with Gasteiger partial charge in [0, 0.05) is 15.6 Å². The fourth-order valence-corrected chi connectivity index (χ4v) is 2.42. The number of halogens is 4. The Morgan fingerprint density at radius 2 is 1.79 bits per heavy atom. The minimum atomic E-state index is -0.994. The second-order valence-electron chi connectivity index (χ2n) is 3.90. The van der Waals surface area contributed by atoms with Crippen LogP contribution in [0.2, 0.25) is 0 Å². The molecule has 3 N–H and O–H groups in total. The summed E-state index contributed by atoms with van der Waals surface area (Å²) in [5.74, 6) is 3.51. The first-order valence-electron chi connectivity index (χ1n) is 5.39. The Kier molecular flexibility index (Phi) is 4.24. The first-order valence-corrected chi connectivity index (χ1v) is 6.19. The highest BCUT2D eigenvalue weighted by atomic mass is 79.9. The maximum absolute atomic E-state index is 13.9. The fourth-order valence-electron chi connectivity index (χ4n) is 1.85. The molecule has 0 saturated carbocycles. The lowest BCUT2D eigenvalue weighted by Crippen LogP contribution is -2.30. The van der Waals surface area contributed by atoms with Crippen molar-refractivity contribution in [1.29, 1.82) is 0 Å². The average Bonchev–Trinajstić information content (AvgIpc) is 2.37. The molecule has 0 amide bonds. The number of benzene rings is 2. The predicted octanol–water partition coefficient (Wildman–Crippen LogP) is 3.42. The molecule has 2 nitrogen and oxygen atoms in total. The van der Waals surface area contributed by atoms with E-state index in [1.54, 1.807) is 6.07 Å². The van der Waals surface area contributed by atoms with Crippen LogP contribution >= 0.6 is 15.9 Å².